The van der Waals surface area contributed by atoms with Crippen LogP contribution in [-0.4, -0.2) is 22.1 Å². The summed E-state index contributed by atoms with van der Waals surface area (Å²) in [7, 11) is 1.16. The van der Waals surface area contributed by atoms with Gasteiger partial charge >= 0.3 is 0 Å². The molecular weight excluding hydrogens is 158 g/mol. The lowest BCUT2D eigenvalue weighted by Gasteiger charge is -1.95. The normalized spacial score (nSPS) is 16.9. The van der Waals surface area contributed by atoms with Gasteiger partial charge in [0.2, 0.25) is 0 Å². The minimum absolute atomic E-state index is 0.204. The van der Waals surface area contributed by atoms with Gasteiger partial charge in [0.15, 0.2) is 0 Å². The molecule has 1 N–H and O–H groups in total. The first-order valence-electron chi connectivity index (χ1n) is 3.80. The van der Waals surface area contributed by atoms with E-state index >= 15 is 0 Å². The third-order valence-corrected chi connectivity index (χ3v) is 2.34. The van der Waals surface area contributed by atoms with Gasteiger partial charge in [-0.3, -0.25) is 14.9 Å². The molecule has 1 heterocycles. The Bertz CT molecular complexity index is 222. The number of hydrogen-bond acceptors (Lipinski definition) is 2. The largest absolute Gasteiger partial charge is 0.289 e. The fourth-order valence-corrected chi connectivity index (χ4v) is 1.36. The molecule has 0 aromatic rings. The van der Waals surface area contributed by atoms with Crippen molar-refractivity contribution in [3.05, 3.63) is 11.6 Å². The molecule has 0 fully saturated rings. The van der Waals surface area contributed by atoms with Crippen molar-refractivity contribution >= 4 is 22.1 Å². The second kappa shape index (κ2) is 3.48. The predicted octanol–water partition coefficient (Wildman–Crippen LogP) is -0.867. The zero-order valence-corrected chi connectivity index (χ0v) is 8.52. The Morgan fingerprint density at radius 2 is 2.18 bits per heavy atom. The van der Waals surface area contributed by atoms with E-state index in [9.17, 15) is 9.59 Å². The summed E-state index contributed by atoms with van der Waals surface area (Å²) in [6.45, 7) is 0. The van der Waals surface area contributed by atoms with Gasteiger partial charge in [-0.2, -0.15) is 0 Å². The van der Waals surface area contributed by atoms with E-state index in [2.05, 4.69) is 5.32 Å². The fraction of sp³-hybridized carbons (Fsp3) is 0.429. The Kier molecular flexibility index (Phi) is 2.59. The van der Waals surface area contributed by atoms with Crippen LogP contribution in [0, 0.1) is 0 Å². The maximum atomic E-state index is 10.9. The number of rotatable bonds is 3. The summed E-state index contributed by atoms with van der Waals surface area (Å²) in [6.07, 6.45) is 3.18. The first-order valence-corrected chi connectivity index (χ1v) is 5.21. The van der Waals surface area contributed by atoms with Gasteiger partial charge in [0.25, 0.3) is 11.8 Å². The molecule has 0 atom stereocenters. The SMILES string of the molecule is O=C1C=C(CCC[SiH3])C(=O)N1. The van der Waals surface area contributed by atoms with Crippen LogP contribution in [0.2, 0.25) is 6.04 Å². The molecule has 0 aromatic carbocycles. The average Bonchev–Trinajstić information content (AvgIpc) is 2.26. The quantitative estimate of drug-likeness (QED) is 0.441. The summed E-state index contributed by atoms with van der Waals surface area (Å²) < 4.78 is 0. The van der Waals surface area contributed by atoms with Crippen LogP contribution in [-0.2, 0) is 9.59 Å². The molecule has 3 nitrogen and oxygen atoms in total. The zero-order valence-electron chi connectivity index (χ0n) is 6.52. The Morgan fingerprint density at radius 3 is 2.64 bits per heavy atom. The van der Waals surface area contributed by atoms with Crippen LogP contribution < -0.4 is 5.32 Å². The highest BCUT2D eigenvalue weighted by molar-refractivity contribution is 6.16. The van der Waals surface area contributed by atoms with Crippen molar-refractivity contribution in [2.24, 2.45) is 0 Å². The monoisotopic (exact) mass is 169 g/mol. The van der Waals surface area contributed by atoms with Crippen LogP contribution in [0.4, 0.5) is 0 Å². The summed E-state index contributed by atoms with van der Waals surface area (Å²) >= 11 is 0. The molecule has 0 saturated carbocycles. The van der Waals surface area contributed by atoms with E-state index in [0.29, 0.717) is 5.57 Å². The molecule has 0 aromatic heterocycles. The van der Waals surface area contributed by atoms with Gasteiger partial charge in [-0.25, -0.2) is 0 Å². The van der Waals surface area contributed by atoms with E-state index in [1.54, 1.807) is 0 Å². The molecule has 60 valence electrons. The van der Waals surface area contributed by atoms with E-state index in [1.807, 2.05) is 0 Å². The van der Waals surface area contributed by atoms with Gasteiger partial charge in [-0.05, 0) is 6.42 Å². The highest BCUT2D eigenvalue weighted by atomic mass is 28.1. The van der Waals surface area contributed by atoms with Crippen LogP contribution in [0.3, 0.4) is 0 Å². The molecule has 0 unspecified atom stereocenters. The third kappa shape index (κ3) is 2.01. The lowest BCUT2D eigenvalue weighted by molar-refractivity contribution is -0.123. The number of carbonyl (C=O) groups excluding carboxylic acids is 2. The molecular formula is C7H11NO2Si. The second-order valence-corrected chi connectivity index (χ2v) is 3.59. The maximum Gasteiger partial charge on any atom is 0.254 e. The van der Waals surface area contributed by atoms with E-state index < -0.39 is 0 Å². The van der Waals surface area contributed by atoms with Crippen LogP contribution in [0.5, 0.6) is 0 Å². The fourth-order valence-electron chi connectivity index (χ4n) is 1.00. The maximum absolute atomic E-state index is 10.9. The van der Waals surface area contributed by atoms with Crippen LogP contribution >= 0.6 is 0 Å². The van der Waals surface area contributed by atoms with E-state index in [-0.39, 0.29) is 11.8 Å². The average molecular weight is 169 g/mol. The minimum atomic E-state index is -0.265. The highest BCUT2D eigenvalue weighted by Crippen LogP contribution is 2.10. The van der Waals surface area contributed by atoms with Crippen molar-refractivity contribution in [2.75, 3.05) is 0 Å². The standard InChI is InChI=1S/C7H11NO2Si/c9-6-4-5(2-1-3-11)7(10)8-6/h4H,1-3H2,11H3,(H,8,9,10). The van der Waals surface area contributed by atoms with Gasteiger partial charge in [0, 0.05) is 21.9 Å². The number of amides is 2. The molecule has 0 radical (unpaired) electrons. The number of hydrogen-bond donors (Lipinski definition) is 1. The first kappa shape index (κ1) is 8.20. The molecule has 1 aliphatic rings. The van der Waals surface area contributed by atoms with E-state index in [4.69, 9.17) is 0 Å². The van der Waals surface area contributed by atoms with E-state index in [1.165, 1.54) is 12.1 Å². The molecule has 0 saturated heterocycles. The van der Waals surface area contributed by atoms with Crippen LogP contribution in [0.1, 0.15) is 12.8 Å². The van der Waals surface area contributed by atoms with Crippen LogP contribution in [0.25, 0.3) is 0 Å². The van der Waals surface area contributed by atoms with Crippen molar-refractivity contribution in [2.45, 2.75) is 18.9 Å². The molecule has 4 heteroatoms. The van der Waals surface area contributed by atoms with Crippen molar-refractivity contribution < 1.29 is 9.59 Å². The lowest BCUT2D eigenvalue weighted by Crippen LogP contribution is -2.22. The molecule has 0 aliphatic carbocycles. The summed E-state index contributed by atoms with van der Waals surface area (Å²) in [5, 5.41) is 2.22. The van der Waals surface area contributed by atoms with Crippen LogP contribution in [0.15, 0.2) is 11.6 Å². The minimum Gasteiger partial charge on any atom is -0.289 e. The Morgan fingerprint density at radius 1 is 1.45 bits per heavy atom. The third-order valence-electron chi connectivity index (χ3n) is 1.63. The molecule has 11 heavy (non-hydrogen) atoms. The van der Waals surface area contributed by atoms with Crippen molar-refractivity contribution in [3.63, 3.8) is 0 Å². The Labute approximate surface area is 68.3 Å². The van der Waals surface area contributed by atoms with Gasteiger partial charge < -0.3 is 0 Å². The molecule has 0 spiro atoms. The number of imide groups is 1. The zero-order chi connectivity index (χ0) is 8.27. The Hall–Kier alpha value is -0.903. The predicted molar refractivity (Wildman–Crippen MR) is 45.2 cm³/mol. The van der Waals surface area contributed by atoms with Gasteiger partial charge in [-0.15, -0.1) is 0 Å². The first-order chi connectivity index (χ1) is 5.24. The molecule has 1 aliphatic heterocycles. The molecule has 0 bridgehead atoms. The number of nitrogens with one attached hydrogen (secondary N) is 1. The van der Waals surface area contributed by atoms with Crippen molar-refractivity contribution in [3.8, 4) is 0 Å². The summed E-state index contributed by atoms with van der Waals surface area (Å²) in [6, 6.07) is 1.18. The van der Waals surface area contributed by atoms with Gasteiger partial charge in [0.05, 0.1) is 0 Å². The van der Waals surface area contributed by atoms with Crippen molar-refractivity contribution in [1.29, 1.82) is 0 Å². The summed E-state index contributed by atoms with van der Waals surface area (Å²) in [4.78, 5) is 21.5. The highest BCUT2D eigenvalue weighted by Gasteiger charge is 2.19. The molecule has 1 rings (SSSR count). The topological polar surface area (TPSA) is 46.2 Å². The summed E-state index contributed by atoms with van der Waals surface area (Å²) in [5.74, 6) is -0.469. The lowest BCUT2D eigenvalue weighted by atomic mass is 10.1. The van der Waals surface area contributed by atoms with Crippen molar-refractivity contribution in [1.82, 2.24) is 5.32 Å². The second-order valence-electron chi connectivity index (χ2n) is 2.59. The summed E-state index contributed by atoms with van der Waals surface area (Å²) in [5.41, 5.74) is 0.644. The smallest absolute Gasteiger partial charge is 0.254 e. The van der Waals surface area contributed by atoms with Gasteiger partial charge in [0.1, 0.15) is 0 Å². The molecule has 2 amide bonds. The number of carbonyl (C=O) groups is 2. The van der Waals surface area contributed by atoms with E-state index in [0.717, 1.165) is 23.1 Å². The van der Waals surface area contributed by atoms with Gasteiger partial charge in [-0.1, -0.05) is 12.5 Å². The Balaban J connectivity index is 2.50.